The molecule has 1 atom stereocenters. The third-order valence-corrected chi connectivity index (χ3v) is 4.37. The van der Waals surface area contributed by atoms with Crippen molar-refractivity contribution < 1.29 is 0 Å². The van der Waals surface area contributed by atoms with Gasteiger partial charge in [0.25, 0.3) is 0 Å². The average molecular weight is 280 g/mol. The monoisotopic (exact) mass is 280 g/mol. The summed E-state index contributed by atoms with van der Waals surface area (Å²) in [6, 6.07) is 2.88. The van der Waals surface area contributed by atoms with Crippen LogP contribution in [0, 0.1) is 11.3 Å². The van der Waals surface area contributed by atoms with Gasteiger partial charge in [-0.1, -0.05) is 13.8 Å². The standard InChI is InChI=1S/C16H32N4/c1-5-16(14-17,18-15(3)4)8-7-9-20-12-10-19(6-2)11-13-20/h15,18H,5-13H2,1-4H3. The molecular weight excluding hydrogens is 248 g/mol. The van der Waals surface area contributed by atoms with Crippen molar-refractivity contribution in [1.29, 1.82) is 5.26 Å². The van der Waals surface area contributed by atoms with Gasteiger partial charge in [-0.2, -0.15) is 5.26 Å². The summed E-state index contributed by atoms with van der Waals surface area (Å²) in [5.74, 6) is 0. The molecule has 1 saturated heterocycles. The van der Waals surface area contributed by atoms with Crippen LogP contribution in [0.3, 0.4) is 0 Å². The highest BCUT2D eigenvalue weighted by Gasteiger charge is 2.28. The number of nitriles is 1. The Balaban J connectivity index is 2.33. The largest absolute Gasteiger partial charge is 0.301 e. The molecule has 1 N–H and O–H groups in total. The molecule has 0 aromatic heterocycles. The zero-order valence-electron chi connectivity index (χ0n) is 13.8. The molecule has 0 aromatic rings. The van der Waals surface area contributed by atoms with E-state index in [-0.39, 0.29) is 5.54 Å². The van der Waals surface area contributed by atoms with Crippen molar-refractivity contribution in [3.05, 3.63) is 0 Å². The first-order valence-electron chi connectivity index (χ1n) is 8.19. The average Bonchev–Trinajstić information content (AvgIpc) is 2.46. The van der Waals surface area contributed by atoms with Gasteiger partial charge in [-0.25, -0.2) is 0 Å². The van der Waals surface area contributed by atoms with Gasteiger partial charge in [0.2, 0.25) is 0 Å². The number of hydrogen-bond acceptors (Lipinski definition) is 4. The van der Waals surface area contributed by atoms with Gasteiger partial charge in [-0.15, -0.1) is 0 Å². The molecule has 4 heteroatoms. The number of likely N-dealkylation sites (N-methyl/N-ethyl adjacent to an activating group) is 1. The Morgan fingerprint density at radius 3 is 2.20 bits per heavy atom. The molecule has 1 fully saturated rings. The maximum absolute atomic E-state index is 9.50. The van der Waals surface area contributed by atoms with Crippen molar-refractivity contribution in [2.45, 2.75) is 58.5 Å². The highest BCUT2D eigenvalue weighted by atomic mass is 15.3. The van der Waals surface area contributed by atoms with Crippen molar-refractivity contribution in [1.82, 2.24) is 15.1 Å². The first-order valence-corrected chi connectivity index (χ1v) is 8.19. The second-order valence-corrected chi connectivity index (χ2v) is 6.23. The first-order chi connectivity index (χ1) is 9.55. The minimum atomic E-state index is -0.334. The molecule has 1 aliphatic heterocycles. The smallest absolute Gasteiger partial charge is 0.106 e. The van der Waals surface area contributed by atoms with E-state index in [1.54, 1.807) is 0 Å². The summed E-state index contributed by atoms with van der Waals surface area (Å²) in [6.45, 7) is 15.6. The maximum atomic E-state index is 9.50. The Morgan fingerprint density at radius 2 is 1.75 bits per heavy atom. The Kier molecular flexibility index (Phi) is 7.50. The van der Waals surface area contributed by atoms with Crippen LogP contribution < -0.4 is 5.32 Å². The van der Waals surface area contributed by atoms with Crippen molar-refractivity contribution in [2.75, 3.05) is 39.3 Å². The minimum Gasteiger partial charge on any atom is -0.301 e. The second-order valence-electron chi connectivity index (χ2n) is 6.23. The normalized spacial score (nSPS) is 20.8. The predicted octanol–water partition coefficient (Wildman–Crippen LogP) is 2.07. The van der Waals surface area contributed by atoms with E-state index in [0.717, 1.165) is 25.8 Å². The summed E-state index contributed by atoms with van der Waals surface area (Å²) in [6.07, 6.45) is 2.94. The summed E-state index contributed by atoms with van der Waals surface area (Å²) in [5.41, 5.74) is -0.334. The lowest BCUT2D eigenvalue weighted by Crippen LogP contribution is -2.49. The summed E-state index contributed by atoms with van der Waals surface area (Å²) in [4.78, 5) is 5.04. The third-order valence-electron chi connectivity index (χ3n) is 4.37. The van der Waals surface area contributed by atoms with Crippen molar-refractivity contribution >= 4 is 0 Å². The molecule has 0 aromatic carbocycles. The topological polar surface area (TPSA) is 42.3 Å². The van der Waals surface area contributed by atoms with Gasteiger partial charge < -0.3 is 9.80 Å². The fourth-order valence-corrected chi connectivity index (χ4v) is 3.00. The zero-order valence-corrected chi connectivity index (χ0v) is 13.8. The molecule has 0 saturated carbocycles. The number of nitrogens with one attached hydrogen (secondary N) is 1. The molecule has 20 heavy (non-hydrogen) atoms. The molecule has 0 radical (unpaired) electrons. The molecule has 116 valence electrons. The molecule has 1 unspecified atom stereocenters. The van der Waals surface area contributed by atoms with E-state index < -0.39 is 0 Å². The summed E-state index contributed by atoms with van der Waals surface area (Å²) < 4.78 is 0. The van der Waals surface area contributed by atoms with Crippen LogP contribution in [0.4, 0.5) is 0 Å². The van der Waals surface area contributed by atoms with Gasteiger partial charge in [0, 0.05) is 32.2 Å². The van der Waals surface area contributed by atoms with Gasteiger partial charge in [-0.3, -0.25) is 5.32 Å². The summed E-state index contributed by atoms with van der Waals surface area (Å²) >= 11 is 0. The minimum absolute atomic E-state index is 0.334. The fourth-order valence-electron chi connectivity index (χ4n) is 3.00. The van der Waals surface area contributed by atoms with Gasteiger partial charge in [0.15, 0.2) is 0 Å². The second kappa shape index (κ2) is 8.61. The highest BCUT2D eigenvalue weighted by Crippen LogP contribution is 2.18. The molecule has 4 nitrogen and oxygen atoms in total. The third kappa shape index (κ3) is 5.40. The molecule has 0 aliphatic carbocycles. The van der Waals surface area contributed by atoms with E-state index >= 15 is 0 Å². The van der Waals surface area contributed by atoms with E-state index in [2.05, 4.69) is 48.9 Å². The van der Waals surface area contributed by atoms with Gasteiger partial charge in [-0.05, 0) is 46.2 Å². The van der Waals surface area contributed by atoms with Crippen LogP contribution in [0.15, 0.2) is 0 Å². The number of hydrogen-bond donors (Lipinski definition) is 1. The fraction of sp³-hybridized carbons (Fsp3) is 0.938. The van der Waals surface area contributed by atoms with Crippen LogP contribution in [0.5, 0.6) is 0 Å². The van der Waals surface area contributed by atoms with Gasteiger partial charge in [0.1, 0.15) is 5.54 Å². The summed E-state index contributed by atoms with van der Waals surface area (Å²) in [7, 11) is 0. The molecule has 1 rings (SSSR count). The molecule has 0 spiro atoms. The Hall–Kier alpha value is -0.630. The zero-order chi connectivity index (χ0) is 15.0. The van der Waals surface area contributed by atoms with E-state index in [1.807, 2.05) is 0 Å². The maximum Gasteiger partial charge on any atom is 0.106 e. The van der Waals surface area contributed by atoms with Crippen LogP contribution in [-0.4, -0.2) is 60.6 Å². The molecule has 1 aliphatic rings. The van der Waals surface area contributed by atoms with Crippen molar-refractivity contribution in [3.8, 4) is 6.07 Å². The van der Waals surface area contributed by atoms with Crippen molar-refractivity contribution in [3.63, 3.8) is 0 Å². The van der Waals surface area contributed by atoms with Crippen LogP contribution in [0.25, 0.3) is 0 Å². The predicted molar refractivity (Wildman–Crippen MR) is 84.7 cm³/mol. The Labute approximate surface area is 125 Å². The van der Waals surface area contributed by atoms with E-state index in [4.69, 9.17) is 0 Å². The molecule has 0 bridgehead atoms. The lowest BCUT2D eigenvalue weighted by Gasteiger charge is -2.35. The van der Waals surface area contributed by atoms with Crippen LogP contribution in [-0.2, 0) is 0 Å². The van der Waals surface area contributed by atoms with Crippen LogP contribution in [0.1, 0.15) is 47.0 Å². The number of rotatable bonds is 8. The first kappa shape index (κ1) is 17.4. The molecule has 0 amide bonds. The Morgan fingerprint density at radius 1 is 1.15 bits per heavy atom. The number of piperazine rings is 1. The highest BCUT2D eigenvalue weighted by molar-refractivity contribution is 5.06. The van der Waals surface area contributed by atoms with Crippen LogP contribution in [0.2, 0.25) is 0 Å². The van der Waals surface area contributed by atoms with E-state index in [0.29, 0.717) is 6.04 Å². The molecule has 1 heterocycles. The lowest BCUT2D eigenvalue weighted by molar-refractivity contribution is 0.133. The lowest BCUT2D eigenvalue weighted by atomic mass is 9.91. The Bertz CT molecular complexity index is 302. The molecular formula is C16H32N4. The van der Waals surface area contributed by atoms with E-state index in [9.17, 15) is 5.26 Å². The summed E-state index contributed by atoms with van der Waals surface area (Å²) in [5, 5.41) is 13.0. The number of nitrogens with zero attached hydrogens (tertiary/aromatic N) is 3. The van der Waals surface area contributed by atoms with Gasteiger partial charge in [0.05, 0.1) is 6.07 Å². The van der Waals surface area contributed by atoms with E-state index in [1.165, 1.54) is 32.7 Å². The van der Waals surface area contributed by atoms with Gasteiger partial charge >= 0.3 is 0 Å². The SMILES string of the molecule is CCN1CCN(CCCC(C#N)(CC)NC(C)C)CC1. The van der Waals surface area contributed by atoms with Crippen LogP contribution >= 0.6 is 0 Å². The quantitative estimate of drug-likeness (QED) is 0.739. The van der Waals surface area contributed by atoms with Crippen molar-refractivity contribution in [2.24, 2.45) is 0 Å².